The second kappa shape index (κ2) is 7.77. The van der Waals surface area contributed by atoms with Crippen LogP contribution in [0.15, 0.2) is 0 Å². The summed E-state index contributed by atoms with van der Waals surface area (Å²) in [7, 11) is -30.3. The fourth-order valence-electron chi connectivity index (χ4n) is 8.87. The fourth-order valence-corrected chi connectivity index (χ4v) is 75.3. The second-order valence-electron chi connectivity index (χ2n) is 16.7. The van der Waals surface area contributed by atoms with Crippen molar-refractivity contribution in [2.75, 3.05) is 0 Å². The summed E-state index contributed by atoms with van der Waals surface area (Å²) in [4.78, 5) is -1.75. The van der Waals surface area contributed by atoms with E-state index in [1.807, 2.05) is 19.6 Å². The molecule has 11 atom stereocenters. The zero-order valence-electron chi connectivity index (χ0n) is 27.9. The summed E-state index contributed by atoms with van der Waals surface area (Å²) in [5.41, 5.74) is 0. The van der Waals surface area contributed by atoms with E-state index in [9.17, 15) is 0 Å². The first-order valence-corrected chi connectivity index (χ1v) is 40.2. The number of hydrogen-bond acceptors (Lipinski definition) is 12. The molecule has 22 heteroatoms. The number of fused-ring (bicyclic) bond motifs is 3. The first-order chi connectivity index (χ1) is 18.5. The predicted molar refractivity (Wildman–Crippen MR) is 175 cm³/mol. The molecule has 7 fully saturated rings. The molecule has 0 radical (unpaired) electrons. The molecule has 7 saturated heterocycles. The molecule has 0 aromatic rings. The molecule has 7 heterocycles. The molecule has 0 saturated carbocycles. The zero-order valence-corrected chi connectivity index (χ0v) is 37.9. The molecule has 11 unspecified atom stereocenters. The minimum Gasteiger partial charge on any atom is -0.432 e. The standard InChI is InChI=1S/C20H48O12Si10/c1-17(21-33(3,4)5)36(12)19-24-40(16,30-36)31-38(14)22-18(2)37(13)20(42(18,26-19)32-38,25-41(17,19)28-35(9,10)11)23-39(15,29-37)27-34(6,7)8/h1-16H3. The first kappa shape index (κ1) is 32.2. The van der Waals surface area contributed by atoms with Gasteiger partial charge in [0, 0.05) is 19.6 Å². The average Bonchev–Trinajstić information content (AvgIpc) is 3.14. The number of hydrogen-bond donors (Lipinski definition) is 0. The highest BCUT2D eigenvalue weighted by Crippen LogP contribution is 2.79. The summed E-state index contributed by atoms with van der Waals surface area (Å²) in [6.45, 7) is 33.9. The van der Waals surface area contributed by atoms with E-state index >= 15 is 0 Å². The van der Waals surface area contributed by atoms with E-state index < -0.39 is 105 Å². The van der Waals surface area contributed by atoms with Gasteiger partial charge >= 0.3 is 43.5 Å². The van der Waals surface area contributed by atoms with Crippen LogP contribution in [0, 0.1) is 0 Å². The largest absolute Gasteiger partial charge is 0.481 e. The van der Waals surface area contributed by atoms with Gasteiger partial charge in [-0.3, -0.25) is 0 Å². The van der Waals surface area contributed by atoms with E-state index in [2.05, 4.69) is 85.9 Å². The lowest BCUT2D eigenvalue weighted by atomic mass is 10.8. The third kappa shape index (κ3) is 3.25. The van der Waals surface area contributed by atoms with Crippen LogP contribution in [0.25, 0.3) is 0 Å². The van der Waals surface area contributed by atoms with Crippen molar-refractivity contribution in [2.45, 2.75) is 125 Å². The van der Waals surface area contributed by atoms with Gasteiger partial charge in [0.2, 0.25) is 10.1 Å². The molecule has 240 valence electrons. The minimum absolute atomic E-state index is 0.872. The minimum atomic E-state index is -3.74. The Morgan fingerprint density at radius 2 is 1.10 bits per heavy atom. The van der Waals surface area contributed by atoms with Crippen molar-refractivity contribution in [3.63, 3.8) is 0 Å². The van der Waals surface area contributed by atoms with Crippen molar-refractivity contribution in [3.8, 4) is 0 Å². The number of rotatable bonds is 6. The van der Waals surface area contributed by atoms with Gasteiger partial charge in [0.25, 0.3) is 16.6 Å². The van der Waals surface area contributed by atoms with Crippen LogP contribution >= 0.6 is 0 Å². The molecule has 7 aliphatic rings. The van der Waals surface area contributed by atoms with Crippen molar-refractivity contribution >= 4 is 85.1 Å². The lowest BCUT2D eigenvalue weighted by molar-refractivity contribution is -0.191. The van der Waals surface area contributed by atoms with Gasteiger partial charge in [-0.25, -0.2) is 0 Å². The third-order valence-electron chi connectivity index (χ3n) is 9.75. The van der Waals surface area contributed by atoms with Gasteiger partial charge < -0.3 is 51.2 Å². The summed E-state index contributed by atoms with van der Waals surface area (Å²) >= 11 is 0. The SMILES string of the molecule is CC1(O[Si](C)(C)C)[Si]2(C)O[Si]3(C)OC24O[Si]25O[Si](C)(OC2(C)[Si]2(C)O[Si](C)(O[Si](C)(C)C)OC25O[Si]14O[Si](C)(C)C)O3. The lowest BCUT2D eigenvalue weighted by Crippen LogP contribution is -3.13. The molecule has 7 rings (SSSR count). The Labute approximate surface area is 260 Å². The van der Waals surface area contributed by atoms with Crippen LogP contribution in [0.4, 0.5) is 0 Å². The molecule has 0 aromatic heterocycles. The van der Waals surface area contributed by atoms with Gasteiger partial charge in [-0.2, -0.15) is 0 Å². The molecule has 0 aromatic carbocycles. The Morgan fingerprint density at radius 1 is 0.524 bits per heavy atom. The van der Waals surface area contributed by atoms with Crippen LogP contribution < -0.4 is 0 Å². The van der Waals surface area contributed by atoms with Crippen molar-refractivity contribution < 1.29 is 51.2 Å². The summed E-state index contributed by atoms with van der Waals surface area (Å²) < 4.78 is 86.6. The van der Waals surface area contributed by atoms with E-state index in [-0.39, 0.29) is 0 Å². The van der Waals surface area contributed by atoms with Gasteiger partial charge in [0.05, 0.1) is 0 Å². The van der Waals surface area contributed by atoms with Crippen LogP contribution in [0.2, 0.25) is 91.7 Å². The van der Waals surface area contributed by atoms with Gasteiger partial charge in [-0.15, -0.1) is 0 Å². The van der Waals surface area contributed by atoms with E-state index in [4.69, 9.17) is 51.2 Å². The fraction of sp³-hybridized carbons (Fsp3) is 1.00. The third-order valence-corrected chi connectivity index (χ3v) is 57.1. The van der Waals surface area contributed by atoms with E-state index in [1.54, 1.807) is 0 Å². The smallest absolute Gasteiger partial charge is 0.432 e. The summed E-state index contributed by atoms with van der Waals surface area (Å²) in [6, 6.07) is 0. The molecule has 7 aliphatic heterocycles. The van der Waals surface area contributed by atoms with Gasteiger partial charge in [0.15, 0.2) is 25.0 Å². The summed E-state index contributed by atoms with van der Waals surface area (Å²) in [5.74, 6) is 0. The Bertz CT molecular complexity index is 1300. The van der Waals surface area contributed by atoms with E-state index in [0.29, 0.717) is 0 Å². The van der Waals surface area contributed by atoms with Crippen molar-refractivity contribution in [1.29, 1.82) is 0 Å². The molecule has 42 heavy (non-hydrogen) atoms. The van der Waals surface area contributed by atoms with Crippen LogP contribution in [0.3, 0.4) is 0 Å². The lowest BCUT2D eigenvalue weighted by Gasteiger charge is -2.80. The topological polar surface area (TPSA) is 111 Å². The molecule has 4 bridgehead atoms. The Hall–Kier alpha value is 1.69. The van der Waals surface area contributed by atoms with Crippen molar-refractivity contribution in [3.05, 3.63) is 0 Å². The highest BCUT2D eigenvalue weighted by molar-refractivity contribution is 7.25. The van der Waals surface area contributed by atoms with Crippen LogP contribution in [0.5, 0.6) is 0 Å². The van der Waals surface area contributed by atoms with E-state index in [0.717, 1.165) is 0 Å². The Morgan fingerprint density at radius 3 is 1.64 bits per heavy atom. The average molecular weight is 761 g/mol. The van der Waals surface area contributed by atoms with Crippen LogP contribution in [-0.2, 0) is 51.2 Å². The van der Waals surface area contributed by atoms with Crippen LogP contribution in [0.1, 0.15) is 13.8 Å². The maximum absolute atomic E-state index is 7.82. The highest BCUT2D eigenvalue weighted by Gasteiger charge is 3.14. The highest BCUT2D eigenvalue weighted by atomic mass is 28.6. The van der Waals surface area contributed by atoms with Crippen LogP contribution in [-0.4, -0.2) is 105 Å². The van der Waals surface area contributed by atoms with Crippen molar-refractivity contribution in [2.24, 2.45) is 0 Å². The van der Waals surface area contributed by atoms with Crippen molar-refractivity contribution in [1.82, 2.24) is 0 Å². The van der Waals surface area contributed by atoms with Gasteiger partial charge in [-0.1, -0.05) is 0 Å². The zero-order chi connectivity index (χ0) is 31.5. The maximum atomic E-state index is 7.82. The maximum Gasteiger partial charge on any atom is 0.481 e. The second-order valence-corrected chi connectivity index (χ2v) is 55.8. The molecule has 0 amide bonds. The normalized spacial score (nSPS) is 60.9. The summed E-state index contributed by atoms with van der Waals surface area (Å²) in [6.07, 6.45) is 0. The quantitative estimate of drug-likeness (QED) is 0.368. The Balaban J connectivity index is 1.52. The van der Waals surface area contributed by atoms with Gasteiger partial charge in [-0.05, 0) is 85.9 Å². The molecular formula is C20H48O12Si10. The molecule has 0 aliphatic carbocycles. The molecule has 0 N–H and O–H groups in total. The van der Waals surface area contributed by atoms with E-state index in [1.165, 1.54) is 0 Å². The van der Waals surface area contributed by atoms with Gasteiger partial charge in [0.1, 0.15) is 9.70 Å². The first-order valence-electron chi connectivity index (χ1n) is 14.9. The molecular weight excluding hydrogens is 713 g/mol. The summed E-state index contributed by atoms with van der Waals surface area (Å²) in [5, 5.41) is -2.54. The predicted octanol–water partition coefficient (Wildman–Crippen LogP) is 3.75. The molecule has 12 nitrogen and oxygen atoms in total. The molecule has 3 spiro atoms. The Kier molecular flexibility index (Phi) is 5.97. The monoisotopic (exact) mass is 760 g/mol.